The van der Waals surface area contributed by atoms with E-state index in [0.717, 1.165) is 32.4 Å². The quantitative estimate of drug-likeness (QED) is 0.936. The molecule has 2 aromatic carbocycles. The van der Waals surface area contributed by atoms with Crippen molar-refractivity contribution in [3.05, 3.63) is 70.3 Å². The molecule has 2 aliphatic rings. The SMILES string of the molecule is Cc1cccc2c1C[C@@H](CNC(=O)C1Cc3ccccc3C1)N(C)C2. The number of hydrogen-bond acceptors (Lipinski definition) is 2. The van der Waals surface area contributed by atoms with Crippen molar-refractivity contribution >= 4 is 5.91 Å². The highest BCUT2D eigenvalue weighted by molar-refractivity contribution is 5.80. The summed E-state index contributed by atoms with van der Waals surface area (Å²) in [5.41, 5.74) is 6.93. The van der Waals surface area contributed by atoms with E-state index in [1.54, 1.807) is 0 Å². The molecule has 2 aromatic rings. The van der Waals surface area contributed by atoms with Gasteiger partial charge in [0.1, 0.15) is 0 Å². The Labute approximate surface area is 150 Å². The average molecular weight is 334 g/mol. The van der Waals surface area contributed by atoms with Gasteiger partial charge in [0.25, 0.3) is 0 Å². The second-order valence-electron chi connectivity index (χ2n) is 7.60. The zero-order valence-electron chi connectivity index (χ0n) is 15.1. The first-order valence-electron chi connectivity index (χ1n) is 9.24. The normalized spacial score (nSPS) is 20.2. The summed E-state index contributed by atoms with van der Waals surface area (Å²) in [5, 5.41) is 3.23. The average Bonchev–Trinajstić information content (AvgIpc) is 3.04. The largest absolute Gasteiger partial charge is 0.354 e. The number of benzene rings is 2. The van der Waals surface area contributed by atoms with Gasteiger partial charge in [-0.1, -0.05) is 42.5 Å². The van der Waals surface area contributed by atoms with Crippen LogP contribution in [0, 0.1) is 12.8 Å². The van der Waals surface area contributed by atoms with Crippen LogP contribution in [0.25, 0.3) is 0 Å². The lowest BCUT2D eigenvalue weighted by Gasteiger charge is -2.35. The third-order valence-electron chi connectivity index (χ3n) is 5.92. The Hall–Kier alpha value is -2.13. The molecule has 0 radical (unpaired) electrons. The standard InChI is InChI=1S/C22H26N2O/c1-15-6-5-9-18-14-24(2)20(12-21(15)18)13-23-22(25)19-10-16-7-3-4-8-17(16)11-19/h3-9,19-20H,10-14H2,1-2H3,(H,23,25)/t20-/m0/s1. The summed E-state index contributed by atoms with van der Waals surface area (Å²) >= 11 is 0. The number of rotatable bonds is 3. The Morgan fingerprint density at radius 1 is 1.04 bits per heavy atom. The highest BCUT2D eigenvalue weighted by atomic mass is 16.1. The number of nitrogens with zero attached hydrogens (tertiary/aromatic N) is 1. The lowest BCUT2D eigenvalue weighted by Crippen LogP contribution is -2.47. The number of hydrogen-bond donors (Lipinski definition) is 1. The fourth-order valence-corrected chi connectivity index (χ4v) is 4.33. The van der Waals surface area contributed by atoms with E-state index in [1.165, 1.54) is 27.8 Å². The van der Waals surface area contributed by atoms with Crippen molar-refractivity contribution in [2.24, 2.45) is 5.92 Å². The summed E-state index contributed by atoms with van der Waals surface area (Å²) in [7, 11) is 2.16. The van der Waals surface area contributed by atoms with Crippen molar-refractivity contribution in [1.82, 2.24) is 10.2 Å². The number of nitrogens with one attached hydrogen (secondary N) is 1. The van der Waals surface area contributed by atoms with Crippen LogP contribution in [0.4, 0.5) is 0 Å². The number of fused-ring (bicyclic) bond motifs is 2. The van der Waals surface area contributed by atoms with Gasteiger partial charge < -0.3 is 5.32 Å². The summed E-state index contributed by atoms with van der Waals surface area (Å²) in [4.78, 5) is 15.0. The summed E-state index contributed by atoms with van der Waals surface area (Å²) < 4.78 is 0. The molecule has 1 aliphatic heterocycles. The van der Waals surface area contributed by atoms with Crippen LogP contribution in [0.1, 0.15) is 27.8 Å². The molecule has 0 bridgehead atoms. The minimum Gasteiger partial charge on any atom is -0.354 e. The van der Waals surface area contributed by atoms with Gasteiger partial charge in [0, 0.05) is 25.0 Å². The summed E-state index contributed by atoms with van der Waals surface area (Å²) in [5.74, 6) is 0.306. The van der Waals surface area contributed by atoms with Crippen molar-refractivity contribution in [3.63, 3.8) is 0 Å². The van der Waals surface area contributed by atoms with Crippen LogP contribution in [-0.4, -0.2) is 30.4 Å². The van der Waals surface area contributed by atoms with E-state index in [1.807, 2.05) is 0 Å². The van der Waals surface area contributed by atoms with Crippen LogP contribution in [0.2, 0.25) is 0 Å². The van der Waals surface area contributed by atoms with Gasteiger partial charge in [-0.15, -0.1) is 0 Å². The molecule has 0 fully saturated rings. The fourth-order valence-electron chi connectivity index (χ4n) is 4.33. The van der Waals surface area contributed by atoms with Crippen molar-refractivity contribution in [2.75, 3.05) is 13.6 Å². The van der Waals surface area contributed by atoms with Crippen LogP contribution < -0.4 is 5.32 Å². The molecule has 4 rings (SSSR count). The third-order valence-corrected chi connectivity index (χ3v) is 5.92. The maximum Gasteiger partial charge on any atom is 0.223 e. The smallest absolute Gasteiger partial charge is 0.223 e. The summed E-state index contributed by atoms with van der Waals surface area (Å²) in [6.07, 6.45) is 2.78. The second kappa shape index (κ2) is 6.64. The van der Waals surface area contributed by atoms with Gasteiger partial charge in [-0.05, 0) is 61.1 Å². The van der Waals surface area contributed by atoms with Gasteiger partial charge in [-0.3, -0.25) is 9.69 Å². The zero-order chi connectivity index (χ0) is 17.4. The lowest BCUT2D eigenvalue weighted by atomic mass is 9.91. The Balaban J connectivity index is 1.37. The monoisotopic (exact) mass is 334 g/mol. The van der Waals surface area contributed by atoms with Crippen molar-refractivity contribution in [1.29, 1.82) is 0 Å². The van der Waals surface area contributed by atoms with E-state index >= 15 is 0 Å². The molecule has 1 aliphatic carbocycles. The van der Waals surface area contributed by atoms with Gasteiger partial charge >= 0.3 is 0 Å². The Kier molecular flexibility index (Phi) is 4.34. The lowest BCUT2D eigenvalue weighted by molar-refractivity contribution is -0.125. The second-order valence-corrected chi connectivity index (χ2v) is 7.60. The maximum atomic E-state index is 12.6. The molecular weight excluding hydrogens is 308 g/mol. The summed E-state index contributed by atoms with van der Waals surface area (Å²) in [6, 6.07) is 15.4. The van der Waals surface area contributed by atoms with E-state index in [-0.39, 0.29) is 11.8 Å². The molecule has 0 unspecified atom stereocenters. The molecule has 130 valence electrons. The van der Waals surface area contributed by atoms with Gasteiger partial charge in [0.05, 0.1) is 0 Å². The Morgan fingerprint density at radius 3 is 2.44 bits per heavy atom. The number of amides is 1. The van der Waals surface area contributed by atoms with Crippen molar-refractivity contribution < 1.29 is 4.79 Å². The van der Waals surface area contributed by atoms with Gasteiger partial charge in [0.2, 0.25) is 5.91 Å². The Morgan fingerprint density at radius 2 is 1.72 bits per heavy atom. The number of likely N-dealkylation sites (N-methyl/N-ethyl adjacent to an activating group) is 1. The van der Waals surface area contributed by atoms with E-state index < -0.39 is 0 Å². The van der Waals surface area contributed by atoms with Gasteiger partial charge in [0.15, 0.2) is 0 Å². The predicted octanol–water partition coefficient (Wildman–Crippen LogP) is 2.88. The molecule has 1 N–H and O–H groups in total. The highest BCUT2D eigenvalue weighted by Crippen LogP contribution is 2.27. The predicted molar refractivity (Wildman–Crippen MR) is 100 cm³/mol. The molecule has 0 aromatic heterocycles. The first-order chi connectivity index (χ1) is 12.1. The van der Waals surface area contributed by atoms with Crippen LogP contribution in [0.5, 0.6) is 0 Å². The van der Waals surface area contributed by atoms with Crippen molar-refractivity contribution in [3.8, 4) is 0 Å². The minimum absolute atomic E-state index is 0.0975. The molecule has 1 heterocycles. The van der Waals surface area contributed by atoms with Gasteiger partial charge in [-0.25, -0.2) is 0 Å². The molecule has 0 spiro atoms. The van der Waals surface area contributed by atoms with Crippen LogP contribution in [0.3, 0.4) is 0 Å². The van der Waals surface area contributed by atoms with E-state index in [4.69, 9.17) is 0 Å². The molecule has 0 saturated carbocycles. The molecule has 1 atom stereocenters. The van der Waals surface area contributed by atoms with Crippen LogP contribution in [-0.2, 0) is 30.6 Å². The van der Waals surface area contributed by atoms with Gasteiger partial charge in [-0.2, -0.15) is 0 Å². The first-order valence-corrected chi connectivity index (χ1v) is 9.24. The Bertz CT molecular complexity index is 773. The summed E-state index contributed by atoms with van der Waals surface area (Å²) in [6.45, 7) is 3.89. The molecular formula is C22H26N2O. The molecule has 25 heavy (non-hydrogen) atoms. The molecule has 0 saturated heterocycles. The number of carbonyl (C=O) groups excluding carboxylic acids is 1. The third kappa shape index (κ3) is 3.21. The number of carbonyl (C=O) groups is 1. The number of aryl methyl sites for hydroxylation is 1. The van der Waals surface area contributed by atoms with E-state index in [9.17, 15) is 4.79 Å². The highest BCUT2D eigenvalue weighted by Gasteiger charge is 2.29. The van der Waals surface area contributed by atoms with E-state index in [0.29, 0.717) is 6.04 Å². The fraction of sp³-hybridized carbons (Fsp3) is 0.409. The molecule has 3 heteroatoms. The first kappa shape index (κ1) is 16.3. The molecule has 3 nitrogen and oxygen atoms in total. The topological polar surface area (TPSA) is 32.3 Å². The molecule has 1 amide bonds. The van der Waals surface area contributed by atoms with Crippen LogP contribution >= 0.6 is 0 Å². The minimum atomic E-state index is 0.0975. The van der Waals surface area contributed by atoms with E-state index in [2.05, 4.69) is 66.7 Å². The van der Waals surface area contributed by atoms with Crippen LogP contribution in [0.15, 0.2) is 42.5 Å². The maximum absolute atomic E-state index is 12.6. The zero-order valence-corrected chi connectivity index (χ0v) is 15.1. The van der Waals surface area contributed by atoms with Crippen molar-refractivity contribution in [2.45, 2.75) is 38.8 Å².